The van der Waals surface area contributed by atoms with Gasteiger partial charge in [-0.25, -0.2) is 0 Å². The molecule has 2 aromatic heterocycles. The van der Waals surface area contributed by atoms with Crippen LogP contribution in [0.15, 0.2) is 33.7 Å². The van der Waals surface area contributed by atoms with Crippen molar-refractivity contribution in [1.82, 2.24) is 0 Å². The average Bonchev–Trinajstić information content (AvgIpc) is 2.93. The molecular weight excluding hydrogens is 400 g/mol. The first-order chi connectivity index (χ1) is 7.61. The molecular formula is C10H6EuO4S2. The van der Waals surface area contributed by atoms with Gasteiger partial charge in [-0.1, -0.05) is 0 Å². The van der Waals surface area contributed by atoms with E-state index in [0.29, 0.717) is 0 Å². The smallest absolute Gasteiger partial charge is 0.545 e. The molecule has 89 valence electrons. The normalized spacial score (nSPS) is 8.47. The average molecular weight is 406 g/mol. The molecule has 0 bridgehead atoms. The van der Waals surface area contributed by atoms with E-state index in [1.165, 1.54) is 45.6 Å². The van der Waals surface area contributed by atoms with Gasteiger partial charge < -0.3 is 19.8 Å². The number of carbonyl (C=O) groups excluding carboxylic acids is 2. The third-order valence-electron chi connectivity index (χ3n) is 1.51. The van der Waals surface area contributed by atoms with Crippen molar-refractivity contribution in [3.63, 3.8) is 0 Å². The fraction of sp³-hybridized carbons (Fsp3) is 0. The van der Waals surface area contributed by atoms with Crippen LogP contribution >= 0.6 is 22.7 Å². The third-order valence-corrected chi connectivity index (χ3v) is 2.88. The van der Waals surface area contributed by atoms with E-state index in [1.54, 1.807) is 10.8 Å². The Bertz CT molecular complexity index is 406. The maximum atomic E-state index is 9.96. The molecule has 17 heavy (non-hydrogen) atoms. The molecule has 2 heterocycles. The van der Waals surface area contributed by atoms with Gasteiger partial charge in [0.25, 0.3) is 0 Å². The summed E-state index contributed by atoms with van der Waals surface area (Å²) >= 11 is 2.69. The summed E-state index contributed by atoms with van der Waals surface area (Å²) in [5, 5.41) is 26.4. The Labute approximate surface area is 146 Å². The molecule has 4 nitrogen and oxygen atoms in total. The first kappa shape index (κ1) is 16.9. The van der Waals surface area contributed by atoms with E-state index >= 15 is 0 Å². The summed E-state index contributed by atoms with van der Waals surface area (Å²) < 4.78 is 0. The van der Waals surface area contributed by atoms with E-state index in [0.717, 1.165) is 0 Å². The van der Waals surface area contributed by atoms with Crippen LogP contribution in [0.5, 0.6) is 0 Å². The van der Waals surface area contributed by atoms with Crippen molar-refractivity contribution in [1.29, 1.82) is 0 Å². The molecule has 0 spiro atoms. The molecule has 0 aliphatic carbocycles. The second-order valence-corrected chi connectivity index (χ2v) is 4.16. The van der Waals surface area contributed by atoms with E-state index in [2.05, 4.69) is 0 Å². The molecule has 0 fully saturated rings. The first-order valence-electron chi connectivity index (χ1n) is 4.08. The van der Waals surface area contributed by atoms with Crippen molar-refractivity contribution < 1.29 is 69.2 Å². The van der Waals surface area contributed by atoms with Gasteiger partial charge in [-0.05, 0) is 33.7 Å². The minimum atomic E-state index is -1.11. The molecule has 7 heteroatoms. The molecule has 1 radical (unpaired) electrons. The maximum absolute atomic E-state index is 9.96. The van der Waals surface area contributed by atoms with Crippen LogP contribution in [0.4, 0.5) is 0 Å². The minimum Gasteiger partial charge on any atom is -0.545 e. The summed E-state index contributed by atoms with van der Waals surface area (Å²) in [6.07, 6.45) is 0. The van der Waals surface area contributed by atoms with Gasteiger partial charge in [-0.2, -0.15) is 22.7 Å². The van der Waals surface area contributed by atoms with Crippen molar-refractivity contribution in [2.75, 3.05) is 0 Å². The van der Waals surface area contributed by atoms with Crippen LogP contribution in [0, 0.1) is 49.4 Å². The molecule has 0 amide bonds. The zero-order valence-electron chi connectivity index (χ0n) is 8.29. The summed E-state index contributed by atoms with van der Waals surface area (Å²) in [6.45, 7) is 0. The summed E-state index contributed by atoms with van der Waals surface area (Å²) in [4.78, 5) is 19.9. The van der Waals surface area contributed by atoms with Crippen LogP contribution in [-0.2, 0) is 0 Å². The Morgan fingerprint density at radius 2 is 1.24 bits per heavy atom. The quantitative estimate of drug-likeness (QED) is 0.715. The van der Waals surface area contributed by atoms with Crippen LogP contribution in [0.3, 0.4) is 0 Å². The van der Waals surface area contributed by atoms with Crippen molar-refractivity contribution in [3.05, 3.63) is 44.8 Å². The standard InChI is InChI=1S/2C5H4O2S.Eu/c2*6-5(7)4-1-2-8-3-4;/h2*1-3H,(H,6,7);/q;;+2/p-2. The molecule has 2 aromatic rings. The molecule has 0 saturated carbocycles. The molecule has 0 aliphatic heterocycles. The Morgan fingerprint density at radius 1 is 0.882 bits per heavy atom. The van der Waals surface area contributed by atoms with Crippen LogP contribution in [0.1, 0.15) is 20.7 Å². The van der Waals surface area contributed by atoms with E-state index in [-0.39, 0.29) is 60.5 Å². The van der Waals surface area contributed by atoms with Gasteiger partial charge in [-0.15, -0.1) is 0 Å². The predicted octanol–water partition coefficient (Wildman–Crippen LogP) is 0.223. The van der Waals surface area contributed by atoms with Crippen molar-refractivity contribution in [2.45, 2.75) is 0 Å². The topological polar surface area (TPSA) is 80.3 Å². The van der Waals surface area contributed by atoms with Gasteiger partial charge in [0.05, 0.1) is 11.9 Å². The number of carbonyl (C=O) groups is 2. The molecule has 0 unspecified atom stereocenters. The van der Waals surface area contributed by atoms with Crippen LogP contribution in [0.2, 0.25) is 0 Å². The monoisotopic (exact) mass is 407 g/mol. The number of aromatic carboxylic acids is 2. The molecule has 0 saturated heterocycles. The first-order valence-corrected chi connectivity index (χ1v) is 5.97. The fourth-order valence-electron chi connectivity index (χ4n) is 0.761. The summed E-state index contributed by atoms with van der Waals surface area (Å²) in [5.41, 5.74) is 0.519. The van der Waals surface area contributed by atoms with Crippen LogP contribution in [-0.4, -0.2) is 11.9 Å². The van der Waals surface area contributed by atoms with Crippen LogP contribution in [0.25, 0.3) is 0 Å². The SMILES string of the molecule is O=C([O-])c1ccsc1.O=C([O-])c1ccsc1.[Eu+2]. The fourth-order valence-corrected chi connectivity index (χ4v) is 2.01. The van der Waals surface area contributed by atoms with E-state index in [4.69, 9.17) is 0 Å². The van der Waals surface area contributed by atoms with Crippen LogP contribution < -0.4 is 10.2 Å². The van der Waals surface area contributed by atoms with E-state index in [1.807, 2.05) is 0 Å². The zero-order valence-corrected chi connectivity index (χ0v) is 12.3. The van der Waals surface area contributed by atoms with Gasteiger partial charge in [0.1, 0.15) is 0 Å². The molecule has 0 N–H and O–H groups in total. The number of hydrogen-bond donors (Lipinski definition) is 0. The molecule has 2 rings (SSSR count). The van der Waals surface area contributed by atoms with Gasteiger partial charge in [0.15, 0.2) is 0 Å². The van der Waals surface area contributed by atoms with Gasteiger partial charge >= 0.3 is 49.4 Å². The van der Waals surface area contributed by atoms with Crippen molar-refractivity contribution in [3.8, 4) is 0 Å². The summed E-state index contributed by atoms with van der Waals surface area (Å²) in [6, 6.07) is 3.03. The summed E-state index contributed by atoms with van der Waals surface area (Å²) in [7, 11) is 0. The van der Waals surface area contributed by atoms with E-state index in [9.17, 15) is 19.8 Å². The predicted molar refractivity (Wildman–Crippen MR) is 57.3 cm³/mol. The number of thiophene rings is 2. The second-order valence-electron chi connectivity index (χ2n) is 2.60. The minimum absolute atomic E-state index is 0. The Kier molecular flexibility index (Phi) is 8.90. The Morgan fingerprint density at radius 3 is 1.35 bits per heavy atom. The second kappa shape index (κ2) is 8.93. The van der Waals surface area contributed by atoms with Crippen molar-refractivity contribution >= 4 is 34.6 Å². The number of hydrogen-bond acceptors (Lipinski definition) is 6. The van der Waals surface area contributed by atoms with Crippen molar-refractivity contribution in [2.24, 2.45) is 0 Å². The Balaban J connectivity index is 0.000000284. The Hall–Kier alpha value is -0.0756. The van der Waals surface area contributed by atoms with Gasteiger partial charge in [-0.3, -0.25) is 0 Å². The zero-order chi connectivity index (χ0) is 12.0. The van der Waals surface area contributed by atoms with E-state index < -0.39 is 11.9 Å². The third kappa shape index (κ3) is 6.42. The van der Waals surface area contributed by atoms with Gasteiger partial charge in [0.2, 0.25) is 0 Å². The van der Waals surface area contributed by atoms with Gasteiger partial charge in [0, 0.05) is 11.1 Å². The molecule has 0 atom stereocenters. The maximum Gasteiger partial charge on any atom is 2.00 e. The summed E-state index contributed by atoms with van der Waals surface area (Å²) in [5.74, 6) is -2.21. The number of carboxylic acids is 2. The number of carboxylic acid groups (broad SMARTS) is 2. The largest absolute Gasteiger partial charge is 2.00 e. The molecule has 0 aliphatic rings. The molecule has 0 aromatic carbocycles. The number of rotatable bonds is 2.